The average molecular weight is 449 g/mol. The molecule has 4 nitrogen and oxygen atoms in total. The normalized spacial score (nSPS) is 11.7. The van der Waals surface area contributed by atoms with Gasteiger partial charge in [-0.25, -0.2) is 0 Å². The third-order valence-corrected chi connectivity index (χ3v) is 5.69. The maximum Gasteiger partial charge on any atom is 0.242 e. The van der Waals surface area contributed by atoms with Crippen LogP contribution in [0.15, 0.2) is 57.9 Å². The van der Waals surface area contributed by atoms with E-state index in [1.807, 2.05) is 62.4 Å². The van der Waals surface area contributed by atoms with Gasteiger partial charge in [0.2, 0.25) is 11.8 Å². The van der Waals surface area contributed by atoms with Gasteiger partial charge in [0.05, 0.1) is 5.75 Å². The number of carbonyl (C=O) groups is 2. The Bertz CT molecular complexity index is 763. The van der Waals surface area contributed by atoms with Crippen LogP contribution in [-0.4, -0.2) is 35.1 Å². The molecular formula is C21H25BrN2O2S. The van der Waals surface area contributed by atoms with Crippen LogP contribution in [0.5, 0.6) is 0 Å². The Morgan fingerprint density at radius 1 is 1.11 bits per heavy atom. The van der Waals surface area contributed by atoms with Crippen molar-refractivity contribution in [3.63, 3.8) is 0 Å². The van der Waals surface area contributed by atoms with Crippen LogP contribution in [0.3, 0.4) is 0 Å². The highest BCUT2D eigenvalue weighted by Crippen LogP contribution is 2.20. The summed E-state index contributed by atoms with van der Waals surface area (Å²) >= 11 is 4.91. The molecule has 2 amide bonds. The van der Waals surface area contributed by atoms with Crippen LogP contribution < -0.4 is 5.32 Å². The van der Waals surface area contributed by atoms with E-state index in [-0.39, 0.29) is 11.8 Å². The maximum absolute atomic E-state index is 12.9. The first kappa shape index (κ1) is 21.5. The van der Waals surface area contributed by atoms with Crippen molar-refractivity contribution in [3.8, 4) is 0 Å². The summed E-state index contributed by atoms with van der Waals surface area (Å²) in [5, 5.41) is 2.81. The monoisotopic (exact) mass is 448 g/mol. The second-order valence-corrected chi connectivity index (χ2v) is 8.28. The molecule has 0 radical (unpaired) electrons. The molecule has 1 atom stereocenters. The molecule has 27 heavy (non-hydrogen) atoms. The lowest BCUT2D eigenvalue weighted by Gasteiger charge is -2.28. The Hall–Kier alpha value is -1.79. The predicted molar refractivity (Wildman–Crippen MR) is 115 cm³/mol. The topological polar surface area (TPSA) is 49.4 Å². The summed E-state index contributed by atoms with van der Waals surface area (Å²) in [7, 11) is 0. The summed E-state index contributed by atoms with van der Waals surface area (Å²) in [4.78, 5) is 27.9. The van der Waals surface area contributed by atoms with Crippen molar-refractivity contribution in [2.45, 2.75) is 38.3 Å². The number of thioether (sulfide) groups is 1. The number of nitrogens with zero attached hydrogens (tertiary/aromatic N) is 1. The number of hydrogen-bond donors (Lipinski definition) is 1. The van der Waals surface area contributed by atoms with Crippen molar-refractivity contribution >= 4 is 39.5 Å². The highest BCUT2D eigenvalue weighted by Gasteiger charge is 2.25. The minimum atomic E-state index is -0.528. The van der Waals surface area contributed by atoms with Crippen molar-refractivity contribution < 1.29 is 9.59 Å². The standard InChI is InChI=1S/C21H25BrN2O2S/c1-4-23-21(26)16(3)24(13-17-7-9-18(22)10-8-17)20(25)14-27-19-11-5-15(2)6-12-19/h5-12,16H,4,13-14H2,1-3H3,(H,23,26)/t16-/m1/s1. The molecule has 0 aliphatic heterocycles. The fraction of sp³-hybridized carbons (Fsp3) is 0.333. The largest absolute Gasteiger partial charge is 0.355 e. The van der Waals surface area contributed by atoms with Gasteiger partial charge in [0, 0.05) is 22.5 Å². The van der Waals surface area contributed by atoms with E-state index in [0.29, 0.717) is 18.8 Å². The number of rotatable bonds is 8. The first-order chi connectivity index (χ1) is 12.9. The number of aryl methyl sites for hydroxylation is 1. The SMILES string of the molecule is CCNC(=O)[C@@H](C)N(Cc1ccc(Br)cc1)C(=O)CSc1ccc(C)cc1. The summed E-state index contributed by atoms with van der Waals surface area (Å²) in [6.07, 6.45) is 0. The van der Waals surface area contributed by atoms with E-state index in [1.165, 1.54) is 17.3 Å². The first-order valence-corrected chi connectivity index (χ1v) is 10.7. The number of nitrogens with one attached hydrogen (secondary N) is 1. The third kappa shape index (κ3) is 6.70. The third-order valence-electron chi connectivity index (χ3n) is 4.17. The summed E-state index contributed by atoms with van der Waals surface area (Å²) in [6.45, 7) is 6.63. The van der Waals surface area contributed by atoms with E-state index in [4.69, 9.17) is 0 Å². The molecule has 0 heterocycles. The Morgan fingerprint density at radius 2 is 1.74 bits per heavy atom. The zero-order chi connectivity index (χ0) is 19.8. The van der Waals surface area contributed by atoms with E-state index in [2.05, 4.69) is 21.2 Å². The number of likely N-dealkylation sites (N-methyl/N-ethyl adjacent to an activating group) is 1. The van der Waals surface area contributed by atoms with Crippen molar-refractivity contribution in [2.75, 3.05) is 12.3 Å². The van der Waals surface area contributed by atoms with E-state index in [1.54, 1.807) is 11.8 Å². The lowest BCUT2D eigenvalue weighted by atomic mass is 10.1. The van der Waals surface area contributed by atoms with Gasteiger partial charge in [-0.15, -0.1) is 11.8 Å². The summed E-state index contributed by atoms with van der Waals surface area (Å²) in [5.74, 6) is 0.106. The molecule has 1 N–H and O–H groups in total. The van der Waals surface area contributed by atoms with Crippen LogP contribution in [0.2, 0.25) is 0 Å². The summed E-state index contributed by atoms with van der Waals surface area (Å²) in [6, 6.07) is 15.4. The second kappa shape index (κ2) is 10.5. The van der Waals surface area contributed by atoms with Crippen molar-refractivity contribution in [3.05, 3.63) is 64.1 Å². The molecular weight excluding hydrogens is 424 g/mol. The molecule has 2 aromatic rings. The van der Waals surface area contributed by atoms with E-state index >= 15 is 0 Å². The number of carbonyl (C=O) groups excluding carboxylic acids is 2. The van der Waals surface area contributed by atoms with Gasteiger partial charge in [0.25, 0.3) is 0 Å². The Morgan fingerprint density at radius 3 is 2.33 bits per heavy atom. The molecule has 0 saturated heterocycles. The van der Waals surface area contributed by atoms with E-state index in [0.717, 1.165) is 14.9 Å². The van der Waals surface area contributed by atoms with Crippen LogP contribution in [0.4, 0.5) is 0 Å². The Kier molecular flexibility index (Phi) is 8.38. The molecule has 0 aliphatic carbocycles. The van der Waals surface area contributed by atoms with Crippen LogP contribution >= 0.6 is 27.7 Å². The van der Waals surface area contributed by atoms with Gasteiger partial charge >= 0.3 is 0 Å². The van der Waals surface area contributed by atoms with Gasteiger partial charge in [0.1, 0.15) is 6.04 Å². The minimum absolute atomic E-state index is 0.0535. The lowest BCUT2D eigenvalue weighted by molar-refractivity contribution is -0.138. The smallest absolute Gasteiger partial charge is 0.242 e. The number of benzene rings is 2. The van der Waals surface area contributed by atoms with E-state index < -0.39 is 6.04 Å². The van der Waals surface area contributed by atoms with Crippen molar-refractivity contribution in [2.24, 2.45) is 0 Å². The molecule has 0 aromatic heterocycles. The van der Waals surface area contributed by atoms with Gasteiger partial charge in [-0.3, -0.25) is 9.59 Å². The minimum Gasteiger partial charge on any atom is -0.355 e. The predicted octanol–water partition coefficient (Wildman–Crippen LogP) is 4.40. The molecule has 2 aromatic carbocycles. The number of halogens is 1. The highest BCUT2D eigenvalue weighted by atomic mass is 79.9. The summed E-state index contributed by atoms with van der Waals surface area (Å²) < 4.78 is 0.982. The maximum atomic E-state index is 12.9. The van der Waals surface area contributed by atoms with E-state index in [9.17, 15) is 9.59 Å². The summed E-state index contributed by atoms with van der Waals surface area (Å²) in [5.41, 5.74) is 2.18. The second-order valence-electron chi connectivity index (χ2n) is 6.32. The van der Waals surface area contributed by atoms with Crippen molar-refractivity contribution in [1.82, 2.24) is 10.2 Å². The van der Waals surface area contributed by atoms with Gasteiger partial charge in [-0.1, -0.05) is 45.8 Å². The Labute approximate surface area is 173 Å². The fourth-order valence-electron chi connectivity index (χ4n) is 2.55. The quantitative estimate of drug-likeness (QED) is 0.608. The number of hydrogen-bond acceptors (Lipinski definition) is 3. The van der Waals surface area contributed by atoms with Crippen LogP contribution in [0.1, 0.15) is 25.0 Å². The molecule has 0 aliphatic rings. The molecule has 0 saturated carbocycles. The van der Waals surface area contributed by atoms with Gasteiger partial charge < -0.3 is 10.2 Å². The number of amides is 2. The molecule has 0 bridgehead atoms. The molecule has 0 unspecified atom stereocenters. The highest BCUT2D eigenvalue weighted by molar-refractivity contribution is 9.10. The van der Waals surface area contributed by atoms with Crippen LogP contribution in [0, 0.1) is 6.92 Å². The molecule has 0 fully saturated rings. The van der Waals surface area contributed by atoms with Crippen LogP contribution in [0.25, 0.3) is 0 Å². The zero-order valence-corrected chi connectivity index (χ0v) is 18.3. The average Bonchev–Trinajstić information content (AvgIpc) is 2.66. The Balaban J connectivity index is 2.11. The van der Waals surface area contributed by atoms with Gasteiger partial charge in [-0.2, -0.15) is 0 Å². The lowest BCUT2D eigenvalue weighted by Crippen LogP contribution is -2.48. The molecule has 2 rings (SSSR count). The molecule has 6 heteroatoms. The fourth-order valence-corrected chi connectivity index (χ4v) is 3.60. The molecule has 0 spiro atoms. The zero-order valence-electron chi connectivity index (χ0n) is 15.9. The first-order valence-electron chi connectivity index (χ1n) is 8.91. The molecule has 144 valence electrons. The van der Waals surface area contributed by atoms with Gasteiger partial charge in [0.15, 0.2) is 0 Å². The van der Waals surface area contributed by atoms with Gasteiger partial charge in [-0.05, 0) is 50.6 Å². The van der Waals surface area contributed by atoms with Crippen LogP contribution in [-0.2, 0) is 16.1 Å². The van der Waals surface area contributed by atoms with Crippen molar-refractivity contribution in [1.29, 1.82) is 0 Å².